The third-order valence-corrected chi connectivity index (χ3v) is 11.7. The summed E-state index contributed by atoms with van der Waals surface area (Å²) >= 11 is 0. The number of likely N-dealkylation sites (N-methyl/N-ethyl adjacent to an activating group) is 1. The van der Waals surface area contributed by atoms with E-state index in [0.29, 0.717) is 17.4 Å². The first-order chi connectivity index (χ1) is 27.1. The van der Waals surface area contributed by atoms with E-state index in [1.54, 1.807) is 6.26 Å². The highest BCUT2D eigenvalue weighted by Gasteiger charge is 2.26. The van der Waals surface area contributed by atoms with E-state index in [1.165, 1.54) is 180 Å². The number of phosphoric acid groups is 1. The fraction of sp³-hybridized carbons (Fsp3) is 0.936. The van der Waals surface area contributed by atoms with Crippen molar-refractivity contribution in [2.75, 3.05) is 47.5 Å². The number of carbonyl (C=O) groups excluding carboxylic acids is 1. The predicted octanol–water partition coefficient (Wildman–Crippen LogP) is 14.6. The molecule has 2 atom stereocenters. The zero-order valence-electron chi connectivity index (χ0n) is 37.9. The van der Waals surface area contributed by atoms with E-state index in [4.69, 9.17) is 18.5 Å². The van der Waals surface area contributed by atoms with Gasteiger partial charge in [0.1, 0.15) is 19.8 Å². The van der Waals surface area contributed by atoms with Crippen LogP contribution in [0.1, 0.15) is 232 Å². The van der Waals surface area contributed by atoms with Gasteiger partial charge >= 0.3 is 13.8 Å². The highest BCUT2D eigenvalue weighted by Crippen LogP contribution is 2.43. The first kappa shape index (κ1) is 55.1. The molecule has 0 aromatic rings. The van der Waals surface area contributed by atoms with Crippen LogP contribution >= 0.6 is 7.82 Å². The Hall–Kier alpha value is -0.920. The fourth-order valence-electron chi connectivity index (χ4n) is 6.93. The van der Waals surface area contributed by atoms with Crippen LogP contribution in [0.2, 0.25) is 0 Å². The maximum Gasteiger partial charge on any atom is 0.472 e. The topological polar surface area (TPSA) is 91.3 Å². The molecule has 1 unspecified atom stereocenters. The quantitative estimate of drug-likeness (QED) is 0.0215. The average molecular weight is 817 g/mol. The fourth-order valence-corrected chi connectivity index (χ4v) is 7.67. The van der Waals surface area contributed by atoms with E-state index in [-0.39, 0.29) is 25.8 Å². The number of quaternary nitrogens is 1. The number of hydrogen-bond donors (Lipinski definition) is 1. The smallest absolute Gasteiger partial charge is 0.472 e. The first-order valence-electron chi connectivity index (χ1n) is 24.0. The molecule has 56 heavy (non-hydrogen) atoms. The first-order valence-corrected chi connectivity index (χ1v) is 25.5. The van der Waals surface area contributed by atoms with Crippen LogP contribution in [0.5, 0.6) is 0 Å². The summed E-state index contributed by atoms with van der Waals surface area (Å²) in [6, 6.07) is 0. The van der Waals surface area contributed by atoms with Crippen LogP contribution < -0.4 is 0 Å². The summed E-state index contributed by atoms with van der Waals surface area (Å²) < 4.78 is 34.8. The number of unbranched alkanes of at least 4 members (excludes halogenated alkanes) is 31. The molecule has 0 heterocycles. The molecule has 0 spiro atoms. The molecule has 0 amide bonds. The maximum absolute atomic E-state index is 12.7. The minimum Gasteiger partial charge on any atom is -0.498 e. The van der Waals surface area contributed by atoms with Crippen LogP contribution in [-0.2, 0) is 27.9 Å². The molecule has 0 bridgehead atoms. The summed E-state index contributed by atoms with van der Waals surface area (Å²) in [4.78, 5) is 22.9. The number of carbonyl (C=O) groups is 1. The Bertz CT molecular complexity index is 909. The molecular formula is C47H95NO7P+. The van der Waals surface area contributed by atoms with Crippen molar-refractivity contribution in [3.8, 4) is 0 Å². The normalized spacial score (nSPS) is 13.7. The van der Waals surface area contributed by atoms with Gasteiger partial charge in [0.15, 0.2) is 6.10 Å². The molecule has 0 aromatic carbocycles. The average Bonchev–Trinajstić information content (AvgIpc) is 3.15. The minimum atomic E-state index is -4.29. The van der Waals surface area contributed by atoms with Crippen molar-refractivity contribution < 1.29 is 37.3 Å². The molecule has 0 saturated carbocycles. The predicted molar refractivity (Wildman–Crippen MR) is 238 cm³/mol. The van der Waals surface area contributed by atoms with Crippen molar-refractivity contribution in [3.05, 3.63) is 12.3 Å². The molecule has 0 aliphatic heterocycles. The Morgan fingerprint density at radius 2 is 0.929 bits per heavy atom. The SMILES string of the molecule is CCCCCCCCCCCCCCCC/C=C/OC[C@H](COP(=O)(O)OCC[N+](C)(C)C)OC(=O)CCCCCCCCCCCCCCCCCCCC. The number of rotatable bonds is 45. The van der Waals surface area contributed by atoms with E-state index >= 15 is 0 Å². The molecule has 0 saturated heterocycles. The standard InChI is InChI=1S/C47H94NO7P/c1-6-8-10-12-14-16-18-20-22-24-25-26-28-30-32-34-36-38-40-47(49)55-46(45-54-56(50,51)53-43-41-48(3,4)5)44-52-42-39-37-35-33-31-29-27-23-21-19-17-15-13-11-9-7-2/h39,42,46H,6-38,40-41,43-45H2,1-5H3/p+1/b42-39+/t46-/m1/s1. The summed E-state index contributed by atoms with van der Waals surface area (Å²) in [6.07, 6.45) is 46.3. The van der Waals surface area contributed by atoms with Gasteiger partial charge in [-0.3, -0.25) is 13.8 Å². The van der Waals surface area contributed by atoms with E-state index in [9.17, 15) is 14.3 Å². The summed E-state index contributed by atoms with van der Waals surface area (Å²) in [5, 5.41) is 0. The van der Waals surface area contributed by atoms with Crippen LogP contribution in [0.4, 0.5) is 0 Å². The molecule has 1 N–H and O–H groups in total. The number of esters is 1. The Balaban J connectivity index is 4.19. The van der Waals surface area contributed by atoms with Gasteiger partial charge in [-0.15, -0.1) is 0 Å². The van der Waals surface area contributed by atoms with E-state index in [0.717, 1.165) is 32.1 Å². The number of allylic oxidation sites excluding steroid dienone is 1. The summed E-state index contributed by atoms with van der Waals surface area (Å²) in [6.45, 7) is 4.98. The van der Waals surface area contributed by atoms with Gasteiger partial charge in [-0.1, -0.05) is 206 Å². The molecule has 9 heteroatoms. The molecule has 0 rings (SSSR count). The third-order valence-electron chi connectivity index (χ3n) is 10.7. The van der Waals surface area contributed by atoms with Gasteiger partial charge in [0.05, 0.1) is 34.0 Å². The molecular weight excluding hydrogens is 721 g/mol. The van der Waals surface area contributed by atoms with Crippen LogP contribution in [0, 0.1) is 0 Å². The van der Waals surface area contributed by atoms with Gasteiger partial charge in [-0.25, -0.2) is 4.57 Å². The second-order valence-electron chi connectivity index (χ2n) is 17.6. The molecule has 8 nitrogen and oxygen atoms in total. The van der Waals surface area contributed by atoms with Gasteiger partial charge in [0.25, 0.3) is 0 Å². The number of hydrogen-bond acceptors (Lipinski definition) is 6. The molecule has 334 valence electrons. The second kappa shape index (κ2) is 40.8. The minimum absolute atomic E-state index is 0.0545. The third kappa shape index (κ3) is 44.2. The molecule has 0 aromatic heterocycles. The lowest BCUT2D eigenvalue weighted by Gasteiger charge is -2.24. The van der Waals surface area contributed by atoms with Crippen molar-refractivity contribution in [1.29, 1.82) is 0 Å². The number of ether oxygens (including phenoxy) is 2. The van der Waals surface area contributed by atoms with Gasteiger partial charge in [-0.05, 0) is 25.3 Å². The van der Waals surface area contributed by atoms with Crippen LogP contribution in [0.15, 0.2) is 12.3 Å². The van der Waals surface area contributed by atoms with Gasteiger partial charge < -0.3 is 18.9 Å². The molecule has 0 fully saturated rings. The molecule has 0 aliphatic carbocycles. The monoisotopic (exact) mass is 817 g/mol. The van der Waals surface area contributed by atoms with Crippen molar-refractivity contribution in [2.24, 2.45) is 0 Å². The Labute approximate surface area is 348 Å². The molecule has 0 aliphatic rings. The Morgan fingerprint density at radius 3 is 1.32 bits per heavy atom. The number of nitrogens with zero attached hydrogens (tertiary/aromatic N) is 1. The summed E-state index contributed by atoms with van der Waals surface area (Å²) in [5.74, 6) is -0.330. The highest BCUT2D eigenvalue weighted by molar-refractivity contribution is 7.47. The van der Waals surface area contributed by atoms with E-state index in [2.05, 4.69) is 13.8 Å². The van der Waals surface area contributed by atoms with Crippen molar-refractivity contribution in [1.82, 2.24) is 0 Å². The zero-order chi connectivity index (χ0) is 41.3. The lowest BCUT2D eigenvalue weighted by atomic mass is 10.0. The molecule has 0 radical (unpaired) electrons. The Kier molecular flexibility index (Phi) is 40.2. The van der Waals surface area contributed by atoms with Crippen molar-refractivity contribution in [2.45, 2.75) is 238 Å². The van der Waals surface area contributed by atoms with Crippen LogP contribution in [0.3, 0.4) is 0 Å². The number of phosphoric ester groups is 1. The van der Waals surface area contributed by atoms with E-state index < -0.39 is 13.9 Å². The zero-order valence-corrected chi connectivity index (χ0v) is 38.8. The van der Waals surface area contributed by atoms with Gasteiger partial charge in [-0.2, -0.15) is 0 Å². The highest BCUT2D eigenvalue weighted by atomic mass is 31.2. The largest absolute Gasteiger partial charge is 0.498 e. The van der Waals surface area contributed by atoms with E-state index in [1.807, 2.05) is 27.2 Å². The van der Waals surface area contributed by atoms with Crippen molar-refractivity contribution >= 4 is 13.8 Å². The summed E-state index contributed by atoms with van der Waals surface area (Å²) in [7, 11) is 1.65. The van der Waals surface area contributed by atoms with Crippen LogP contribution in [-0.4, -0.2) is 69.0 Å². The van der Waals surface area contributed by atoms with Gasteiger partial charge in [0, 0.05) is 6.42 Å². The second-order valence-corrected chi connectivity index (χ2v) is 19.0. The van der Waals surface area contributed by atoms with Gasteiger partial charge in [0.2, 0.25) is 0 Å². The lowest BCUT2D eigenvalue weighted by Crippen LogP contribution is -2.37. The Morgan fingerprint density at radius 1 is 0.554 bits per heavy atom. The van der Waals surface area contributed by atoms with Crippen molar-refractivity contribution in [3.63, 3.8) is 0 Å². The maximum atomic E-state index is 12.7. The van der Waals surface area contributed by atoms with Crippen LogP contribution in [0.25, 0.3) is 0 Å². The summed E-state index contributed by atoms with van der Waals surface area (Å²) in [5.41, 5.74) is 0. The lowest BCUT2D eigenvalue weighted by molar-refractivity contribution is -0.870.